The smallest absolute Gasteiger partial charge is 0.0991 e. The molecule has 0 heterocycles. The summed E-state index contributed by atoms with van der Waals surface area (Å²) >= 11 is 0. The van der Waals surface area contributed by atoms with E-state index < -0.39 is 0 Å². The van der Waals surface area contributed by atoms with Crippen LogP contribution in [0.4, 0.5) is 5.69 Å². The van der Waals surface area contributed by atoms with Crippen LogP contribution in [-0.2, 0) is 0 Å². The Bertz CT molecular complexity index is 380. The van der Waals surface area contributed by atoms with Crippen LogP contribution in [0, 0.1) is 11.3 Å². The molecule has 0 spiro atoms. The Kier molecular flexibility index (Phi) is 3.43. The number of nitriles is 1. The summed E-state index contributed by atoms with van der Waals surface area (Å²) in [5.74, 6) is 0. The molecule has 2 atom stereocenters. The summed E-state index contributed by atoms with van der Waals surface area (Å²) in [4.78, 5) is 0. The van der Waals surface area contributed by atoms with Crippen molar-refractivity contribution in [2.24, 2.45) is 0 Å². The zero-order valence-electron chi connectivity index (χ0n) is 9.19. The first-order chi connectivity index (χ1) is 7.79. The van der Waals surface area contributed by atoms with Crippen molar-refractivity contribution in [2.45, 2.75) is 37.8 Å². The number of benzene rings is 1. The van der Waals surface area contributed by atoms with Gasteiger partial charge in [-0.2, -0.15) is 5.26 Å². The van der Waals surface area contributed by atoms with E-state index in [0.29, 0.717) is 5.56 Å². The summed E-state index contributed by atoms with van der Waals surface area (Å²) in [6, 6.07) is 9.60. The van der Waals surface area contributed by atoms with E-state index in [9.17, 15) is 5.11 Å². The van der Waals surface area contributed by atoms with Crippen LogP contribution in [0.2, 0.25) is 0 Å². The summed E-state index contributed by atoms with van der Waals surface area (Å²) in [6.07, 6.45) is 3.94. The number of nitrogens with one attached hydrogen (secondary N) is 1. The number of hydrogen-bond acceptors (Lipinski definition) is 3. The van der Waals surface area contributed by atoms with E-state index in [1.54, 1.807) is 12.1 Å². The highest BCUT2D eigenvalue weighted by Crippen LogP contribution is 2.22. The third kappa shape index (κ3) is 2.53. The zero-order valence-corrected chi connectivity index (χ0v) is 9.19. The van der Waals surface area contributed by atoms with Crippen LogP contribution < -0.4 is 5.32 Å². The van der Waals surface area contributed by atoms with Crippen molar-refractivity contribution in [3.05, 3.63) is 29.8 Å². The molecule has 2 N–H and O–H groups in total. The maximum absolute atomic E-state index is 9.82. The molecule has 1 aliphatic carbocycles. The van der Waals surface area contributed by atoms with E-state index in [4.69, 9.17) is 5.26 Å². The molecule has 0 radical (unpaired) electrons. The third-order valence-corrected chi connectivity index (χ3v) is 3.10. The Morgan fingerprint density at radius 3 is 2.50 bits per heavy atom. The van der Waals surface area contributed by atoms with Crippen LogP contribution in [0.15, 0.2) is 24.3 Å². The lowest BCUT2D eigenvalue weighted by atomic mass is 9.92. The summed E-state index contributed by atoms with van der Waals surface area (Å²) < 4.78 is 0. The number of nitrogens with zero attached hydrogens (tertiary/aromatic N) is 1. The molecule has 0 aliphatic heterocycles. The molecule has 84 valence electrons. The SMILES string of the molecule is N#Cc1ccc(N[C@@H]2CCCC[C@H]2O)cc1. The molecule has 1 aliphatic rings. The van der Waals surface area contributed by atoms with Gasteiger partial charge in [-0.25, -0.2) is 0 Å². The summed E-state index contributed by atoms with van der Waals surface area (Å²) in [6.45, 7) is 0. The monoisotopic (exact) mass is 216 g/mol. The number of hydrogen-bond donors (Lipinski definition) is 2. The van der Waals surface area contributed by atoms with E-state index in [1.165, 1.54) is 6.42 Å². The molecule has 0 saturated heterocycles. The first-order valence-corrected chi connectivity index (χ1v) is 5.74. The molecule has 0 bridgehead atoms. The van der Waals surface area contributed by atoms with Gasteiger partial charge >= 0.3 is 0 Å². The Morgan fingerprint density at radius 2 is 1.88 bits per heavy atom. The van der Waals surface area contributed by atoms with Crippen LogP contribution in [0.5, 0.6) is 0 Å². The van der Waals surface area contributed by atoms with Crippen LogP contribution in [-0.4, -0.2) is 17.3 Å². The van der Waals surface area contributed by atoms with E-state index in [1.807, 2.05) is 12.1 Å². The van der Waals surface area contributed by atoms with Gasteiger partial charge in [-0.15, -0.1) is 0 Å². The van der Waals surface area contributed by atoms with Crippen molar-refractivity contribution in [3.8, 4) is 6.07 Å². The van der Waals surface area contributed by atoms with Gasteiger partial charge in [0, 0.05) is 5.69 Å². The predicted octanol–water partition coefficient (Wildman–Crippen LogP) is 2.27. The van der Waals surface area contributed by atoms with Crippen LogP contribution >= 0.6 is 0 Å². The van der Waals surface area contributed by atoms with Crippen molar-refractivity contribution >= 4 is 5.69 Å². The minimum absolute atomic E-state index is 0.154. The maximum Gasteiger partial charge on any atom is 0.0991 e. The molecule has 1 aromatic rings. The van der Waals surface area contributed by atoms with Crippen LogP contribution in [0.1, 0.15) is 31.2 Å². The van der Waals surface area contributed by atoms with Gasteiger partial charge in [-0.3, -0.25) is 0 Å². The average Bonchev–Trinajstić information content (AvgIpc) is 2.33. The van der Waals surface area contributed by atoms with Gasteiger partial charge in [-0.05, 0) is 37.1 Å². The molecular formula is C13H16N2O. The van der Waals surface area contributed by atoms with Crippen LogP contribution in [0.3, 0.4) is 0 Å². The van der Waals surface area contributed by atoms with Gasteiger partial charge < -0.3 is 10.4 Å². The molecule has 1 fully saturated rings. The summed E-state index contributed by atoms with van der Waals surface area (Å²) in [5.41, 5.74) is 1.64. The lowest BCUT2D eigenvalue weighted by Crippen LogP contribution is -2.36. The minimum Gasteiger partial charge on any atom is -0.391 e. The van der Waals surface area contributed by atoms with Crippen molar-refractivity contribution in [1.29, 1.82) is 5.26 Å². The molecule has 0 aromatic heterocycles. The van der Waals surface area contributed by atoms with Crippen LogP contribution in [0.25, 0.3) is 0 Å². The molecule has 16 heavy (non-hydrogen) atoms. The van der Waals surface area contributed by atoms with Crippen molar-refractivity contribution in [1.82, 2.24) is 0 Å². The topological polar surface area (TPSA) is 56.0 Å². The van der Waals surface area contributed by atoms with Gasteiger partial charge in [0.1, 0.15) is 0 Å². The number of anilines is 1. The standard InChI is InChI=1S/C13H16N2O/c14-9-10-5-7-11(8-6-10)15-12-3-1-2-4-13(12)16/h5-8,12-13,15-16H,1-4H2/t12-,13-/m1/s1. The van der Waals surface area contributed by atoms with Crippen molar-refractivity contribution in [3.63, 3.8) is 0 Å². The lowest BCUT2D eigenvalue weighted by molar-refractivity contribution is 0.116. The Hall–Kier alpha value is -1.53. The molecule has 0 amide bonds. The molecular weight excluding hydrogens is 200 g/mol. The Balaban J connectivity index is 2.00. The minimum atomic E-state index is -0.246. The van der Waals surface area contributed by atoms with Gasteiger partial charge in [0.05, 0.1) is 23.8 Å². The molecule has 1 saturated carbocycles. The number of aliphatic hydroxyl groups is 1. The fourth-order valence-corrected chi connectivity index (χ4v) is 2.13. The van der Waals surface area contributed by atoms with Crippen molar-refractivity contribution in [2.75, 3.05) is 5.32 Å². The van der Waals surface area contributed by atoms with Crippen molar-refractivity contribution < 1.29 is 5.11 Å². The molecule has 3 heteroatoms. The van der Waals surface area contributed by atoms with Gasteiger partial charge in [0.25, 0.3) is 0 Å². The predicted molar refractivity (Wildman–Crippen MR) is 63.0 cm³/mol. The fourth-order valence-electron chi connectivity index (χ4n) is 2.13. The molecule has 2 rings (SSSR count). The second-order valence-electron chi connectivity index (χ2n) is 4.29. The number of aliphatic hydroxyl groups excluding tert-OH is 1. The highest BCUT2D eigenvalue weighted by Gasteiger charge is 2.22. The normalized spacial score (nSPS) is 24.8. The largest absolute Gasteiger partial charge is 0.391 e. The van der Waals surface area contributed by atoms with Gasteiger partial charge in [0.2, 0.25) is 0 Å². The second kappa shape index (κ2) is 5.00. The summed E-state index contributed by atoms with van der Waals surface area (Å²) in [7, 11) is 0. The highest BCUT2D eigenvalue weighted by atomic mass is 16.3. The van der Waals surface area contributed by atoms with Gasteiger partial charge in [-0.1, -0.05) is 12.8 Å². The maximum atomic E-state index is 9.82. The molecule has 0 unspecified atom stereocenters. The van der Waals surface area contributed by atoms with E-state index in [-0.39, 0.29) is 12.1 Å². The molecule has 1 aromatic carbocycles. The first kappa shape index (κ1) is 11.0. The zero-order chi connectivity index (χ0) is 11.4. The number of rotatable bonds is 2. The lowest BCUT2D eigenvalue weighted by Gasteiger charge is -2.29. The van der Waals surface area contributed by atoms with E-state index >= 15 is 0 Å². The first-order valence-electron chi connectivity index (χ1n) is 5.74. The quantitative estimate of drug-likeness (QED) is 0.797. The average molecular weight is 216 g/mol. The Labute approximate surface area is 95.7 Å². The second-order valence-corrected chi connectivity index (χ2v) is 4.29. The Morgan fingerprint density at radius 1 is 1.19 bits per heavy atom. The highest BCUT2D eigenvalue weighted by molar-refractivity contribution is 5.48. The third-order valence-electron chi connectivity index (χ3n) is 3.10. The fraction of sp³-hybridized carbons (Fsp3) is 0.462. The van der Waals surface area contributed by atoms with Gasteiger partial charge in [0.15, 0.2) is 0 Å². The van der Waals surface area contributed by atoms with E-state index in [2.05, 4.69) is 11.4 Å². The molecule has 3 nitrogen and oxygen atoms in total. The summed E-state index contributed by atoms with van der Waals surface area (Å²) in [5, 5.41) is 21.8. The van der Waals surface area contributed by atoms with E-state index in [0.717, 1.165) is 24.9 Å².